The van der Waals surface area contributed by atoms with Crippen molar-refractivity contribution in [2.75, 3.05) is 12.4 Å². The first-order valence-corrected chi connectivity index (χ1v) is 8.20. The van der Waals surface area contributed by atoms with Gasteiger partial charge < -0.3 is 14.6 Å². The van der Waals surface area contributed by atoms with Gasteiger partial charge in [-0.3, -0.25) is 4.79 Å². The van der Waals surface area contributed by atoms with Crippen LogP contribution in [0.25, 0.3) is 11.3 Å². The van der Waals surface area contributed by atoms with Crippen molar-refractivity contribution in [2.24, 2.45) is 0 Å². The number of esters is 1. The molecular weight excluding hydrogens is 375 g/mol. The fourth-order valence-electron chi connectivity index (χ4n) is 2.57. The maximum atomic E-state index is 14.2. The SMILES string of the molecule is COC(=O)c1cccc(NC(=O)c2c(-c3c(F)cccc3Cl)noc2C)c1. The molecule has 0 saturated carbocycles. The second-order valence-electron chi connectivity index (χ2n) is 5.59. The van der Waals surface area contributed by atoms with Crippen molar-refractivity contribution in [3.63, 3.8) is 0 Å². The molecule has 0 unspecified atom stereocenters. The summed E-state index contributed by atoms with van der Waals surface area (Å²) in [4.78, 5) is 24.4. The molecule has 0 spiro atoms. The van der Waals surface area contributed by atoms with E-state index in [0.717, 1.165) is 0 Å². The molecule has 3 aromatic rings. The van der Waals surface area contributed by atoms with Gasteiger partial charge in [0.25, 0.3) is 5.91 Å². The molecule has 8 heteroatoms. The minimum Gasteiger partial charge on any atom is -0.465 e. The number of benzene rings is 2. The maximum absolute atomic E-state index is 14.2. The van der Waals surface area contributed by atoms with E-state index in [1.165, 1.54) is 38.3 Å². The summed E-state index contributed by atoms with van der Waals surface area (Å²) in [6, 6.07) is 10.4. The van der Waals surface area contributed by atoms with Gasteiger partial charge in [0.1, 0.15) is 22.8 Å². The summed E-state index contributed by atoms with van der Waals surface area (Å²) in [5.41, 5.74) is 0.649. The highest BCUT2D eigenvalue weighted by Crippen LogP contribution is 2.33. The van der Waals surface area contributed by atoms with E-state index in [1.54, 1.807) is 18.2 Å². The van der Waals surface area contributed by atoms with Gasteiger partial charge in [0, 0.05) is 5.69 Å². The molecule has 1 heterocycles. The minimum atomic E-state index is -0.627. The lowest BCUT2D eigenvalue weighted by molar-refractivity contribution is 0.0600. The number of aryl methyl sites for hydroxylation is 1. The van der Waals surface area contributed by atoms with E-state index in [1.807, 2.05) is 0 Å². The molecule has 0 aliphatic rings. The van der Waals surface area contributed by atoms with Gasteiger partial charge in [-0.25, -0.2) is 9.18 Å². The maximum Gasteiger partial charge on any atom is 0.337 e. The lowest BCUT2D eigenvalue weighted by atomic mass is 10.0. The topological polar surface area (TPSA) is 81.4 Å². The zero-order valence-electron chi connectivity index (χ0n) is 14.4. The van der Waals surface area contributed by atoms with Crippen molar-refractivity contribution >= 4 is 29.2 Å². The molecule has 3 rings (SSSR count). The van der Waals surface area contributed by atoms with Gasteiger partial charge in [-0.05, 0) is 37.3 Å². The van der Waals surface area contributed by atoms with Crippen LogP contribution >= 0.6 is 11.6 Å². The number of nitrogens with zero attached hydrogens (tertiary/aromatic N) is 1. The van der Waals surface area contributed by atoms with Crippen molar-refractivity contribution in [1.29, 1.82) is 0 Å². The molecule has 1 aromatic heterocycles. The largest absolute Gasteiger partial charge is 0.465 e. The van der Waals surface area contributed by atoms with Gasteiger partial charge in [0.15, 0.2) is 0 Å². The summed E-state index contributed by atoms with van der Waals surface area (Å²) >= 11 is 6.08. The van der Waals surface area contributed by atoms with Gasteiger partial charge in [0.05, 0.1) is 23.3 Å². The Morgan fingerprint density at radius 2 is 1.96 bits per heavy atom. The normalized spacial score (nSPS) is 10.5. The Labute approximate surface area is 158 Å². The van der Waals surface area contributed by atoms with Gasteiger partial charge in [-0.15, -0.1) is 0 Å². The van der Waals surface area contributed by atoms with E-state index in [4.69, 9.17) is 16.1 Å². The first-order chi connectivity index (χ1) is 12.9. The molecule has 0 bridgehead atoms. The average Bonchev–Trinajstić information content (AvgIpc) is 3.02. The van der Waals surface area contributed by atoms with E-state index >= 15 is 0 Å². The first-order valence-electron chi connectivity index (χ1n) is 7.82. The summed E-state index contributed by atoms with van der Waals surface area (Å²) in [5.74, 6) is -1.54. The Morgan fingerprint density at radius 3 is 2.67 bits per heavy atom. The second-order valence-corrected chi connectivity index (χ2v) is 5.99. The molecule has 2 aromatic carbocycles. The number of ether oxygens (including phenoxy) is 1. The standard InChI is InChI=1S/C19H14ClFN2O4/c1-10-15(17(23-27-10)16-13(20)7-4-8-14(16)21)18(24)22-12-6-3-5-11(9-12)19(25)26-2/h3-9H,1-2H3,(H,22,24). The van der Waals surface area contributed by atoms with Crippen LogP contribution in [0.3, 0.4) is 0 Å². The first kappa shape index (κ1) is 18.6. The predicted octanol–water partition coefficient (Wildman–Crippen LogP) is 4.48. The Bertz CT molecular complexity index is 1010. The number of amides is 1. The monoisotopic (exact) mass is 388 g/mol. The van der Waals surface area contributed by atoms with Crippen LogP contribution in [-0.2, 0) is 4.74 Å². The van der Waals surface area contributed by atoms with Crippen molar-refractivity contribution in [2.45, 2.75) is 6.92 Å². The number of aromatic nitrogens is 1. The number of hydrogen-bond acceptors (Lipinski definition) is 5. The molecule has 0 aliphatic heterocycles. The van der Waals surface area contributed by atoms with Crippen LogP contribution in [0.1, 0.15) is 26.5 Å². The molecule has 0 saturated heterocycles. The molecular formula is C19H14ClFN2O4. The van der Waals surface area contributed by atoms with E-state index in [2.05, 4.69) is 15.2 Å². The number of methoxy groups -OCH3 is 1. The molecule has 0 atom stereocenters. The van der Waals surface area contributed by atoms with E-state index < -0.39 is 17.7 Å². The number of anilines is 1. The van der Waals surface area contributed by atoms with Gasteiger partial charge >= 0.3 is 5.97 Å². The van der Waals surface area contributed by atoms with Crippen molar-refractivity contribution in [1.82, 2.24) is 5.16 Å². The summed E-state index contributed by atoms with van der Waals surface area (Å²) in [6.07, 6.45) is 0. The van der Waals surface area contributed by atoms with Crippen molar-refractivity contribution < 1.29 is 23.2 Å². The zero-order valence-corrected chi connectivity index (χ0v) is 15.1. The average molecular weight is 389 g/mol. The third-order valence-corrected chi connectivity index (χ3v) is 4.15. The highest BCUT2D eigenvalue weighted by molar-refractivity contribution is 6.33. The Balaban J connectivity index is 1.98. The van der Waals surface area contributed by atoms with Crippen LogP contribution in [0, 0.1) is 12.7 Å². The quantitative estimate of drug-likeness (QED) is 0.666. The van der Waals surface area contributed by atoms with Gasteiger partial charge in [-0.1, -0.05) is 28.9 Å². The van der Waals surface area contributed by atoms with Crippen LogP contribution in [0.2, 0.25) is 5.02 Å². The second kappa shape index (κ2) is 7.59. The summed E-state index contributed by atoms with van der Waals surface area (Å²) in [7, 11) is 1.26. The van der Waals surface area contributed by atoms with Crippen LogP contribution in [0.5, 0.6) is 0 Å². The predicted molar refractivity (Wildman–Crippen MR) is 97.4 cm³/mol. The van der Waals surface area contributed by atoms with Gasteiger partial charge in [-0.2, -0.15) is 0 Å². The van der Waals surface area contributed by atoms with Crippen molar-refractivity contribution in [3.8, 4) is 11.3 Å². The number of rotatable bonds is 4. The van der Waals surface area contributed by atoms with E-state index in [0.29, 0.717) is 5.69 Å². The molecule has 0 aliphatic carbocycles. The Hall–Kier alpha value is -3.19. The van der Waals surface area contributed by atoms with Crippen LogP contribution in [0.4, 0.5) is 10.1 Å². The smallest absolute Gasteiger partial charge is 0.337 e. The lowest BCUT2D eigenvalue weighted by Crippen LogP contribution is -2.14. The number of nitrogens with one attached hydrogen (secondary N) is 1. The summed E-state index contributed by atoms with van der Waals surface area (Å²) in [6.45, 7) is 1.53. The lowest BCUT2D eigenvalue weighted by Gasteiger charge is -2.08. The van der Waals surface area contributed by atoms with Gasteiger partial charge in [0.2, 0.25) is 0 Å². The fourth-order valence-corrected chi connectivity index (χ4v) is 2.82. The third-order valence-electron chi connectivity index (χ3n) is 3.83. The third kappa shape index (κ3) is 3.68. The highest BCUT2D eigenvalue weighted by Gasteiger charge is 2.25. The Morgan fingerprint density at radius 1 is 1.22 bits per heavy atom. The molecule has 0 fully saturated rings. The van der Waals surface area contributed by atoms with Crippen LogP contribution < -0.4 is 5.32 Å². The molecule has 6 nitrogen and oxygen atoms in total. The molecule has 0 radical (unpaired) electrons. The van der Waals surface area contributed by atoms with E-state index in [9.17, 15) is 14.0 Å². The molecule has 1 amide bonds. The minimum absolute atomic E-state index is 0.00257. The number of halogens is 2. The van der Waals surface area contributed by atoms with Crippen molar-refractivity contribution in [3.05, 3.63) is 70.2 Å². The molecule has 27 heavy (non-hydrogen) atoms. The fraction of sp³-hybridized carbons (Fsp3) is 0.105. The number of hydrogen-bond donors (Lipinski definition) is 1. The summed E-state index contributed by atoms with van der Waals surface area (Å²) in [5, 5.41) is 6.54. The molecule has 1 N–H and O–H groups in total. The highest BCUT2D eigenvalue weighted by atomic mass is 35.5. The Kier molecular flexibility index (Phi) is 5.23. The number of carbonyl (C=O) groups excluding carboxylic acids is 2. The van der Waals surface area contributed by atoms with Crippen LogP contribution in [0.15, 0.2) is 47.0 Å². The summed E-state index contributed by atoms with van der Waals surface area (Å²) < 4.78 is 24.0. The zero-order chi connectivity index (χ0) is 19.6. The number of carbonyl (C=O) groups is 2. The van der Waals surface area contributed by atoms with E-state index in [-0.39, 0.29) is 33.2 Å². The molecule has 138 valence electrons. The van der Waals surface area contributed by atoms with Crippen LogP contribution in [-0.4, -0.2) is 24.1 Å².